The van der Waals surface area contributed by atoms with Gasteiger partial charge in [-0.3, -0.25) is 46.7 Å². The molecular formula is C89H104N26O4. The largest absolute Gasteiger partial charge is 0.372 e. The van der Waals surface area contributed by atoms with Crippen molar-refractivity contribution in [2.45, 2.75) is 93.2 Å². The summed E-state index contributed by atoms with van der Waals surface area (Å²) < 4.78 is 14.1. The molecule has 0 spiro atoms. The molecule has 2 fully saturated rings. The van der Waals surface area contributed by atoms with Crippen molar-refractivity contribution < 1.29 is 0 Å². The Morgan fingerprint density at radius 3 is 1.16 bits per heavy atom. The van der Waals surface area contributed by atoms with Crippen LogP contribution in [0, 0.1) is 41.5 Å². The summed E-state index contributed by atoms with van der Waals surface area (Å²) in [5.74, 6) is 0. The second-order valence-corrected chi connectivity index (χ2v) is 32.0. The summed E-state index contributed by atoms with van der Waals surface area (Å²) in [6.07, 6.45) is 23.1. The molecule has 119 heavy (non-hydrogen) atoms. The number of fused-ring (bicyclic) bond motifs is 8. The maximum absolute atomic E-state index is 12.9. The number of nitrogens with one attached hydrogen (secondary N) is 1. The predicted molar refractivity (Wildman–Crippen MR) is 473 cm³/mol. The topological polar surface area (TPSA) is 267 Å². The van der Waals surface area contributed by atoms with E-state index in [2.05, 4.69) is 129 Å². The minimum atomic E-state index is -0.129. The van der Waals surface area contributed by atoms with Crippen molar-refractivity contribution in [3.63, 3.8) is 0 Å². The SMILES string of the molecule is CCc1nc(C)cn2nc(-c3cc(=O)n4cc(N(C)CCN(C)C)ccc4n3)cc12.CCc1nc(C)cn2nc(-c3cc(=O)n4cc(N(C)CCNC)ccc4n3)cc12.Cc1cn2cc(-c3cc(=O)n4cc(N5CC[C@@H](N(C)C)C5)ccc4n3)cc(C)c2n1.Cc1cn2cc(-c3cc(=O)n4cc(N5CC[C@H](N(C)C)C5)ccc4n3)cc(C)c2n1. The number of pyridine rings is 6. The molecule has 30 heteroatoms. The third kappa shape index (κ3) is 17.3. The Morgan fingerprint density at radius 1 is 0.395 bits per heavy atom. The van der Waals surface area contributed by atoms with Crippen molar-refractivity contribution in [1.82, 2.24) is 106 Å². The molecule has 18 rings (SSSR count). The number of aryl methyl sites for hydroxylation is 8. The van der Waals surface area contributed by atoms with Gasteiger partial charge >= 0.3 is 0 Å². The van der Waals surface area contributed by atoms with Gasteiger partial charge in [0.2, 0.25) is 0 Å². The fourth-order valence-corrected chi connectivity index (χ4v) is 15.6. The maximum Gasteiger partial charge on any atom is 0.258 e. The Balaban J connectivity index is 0.000000124. The van der Waals surface area contributed by atoms with Crippen LogP contribution in [0.2, 0.25) is 0 Å². The summed E-state index contributed by atoms with van der Waals surface area (Å²) in [7, 11) is 18.5. The number of aromatic nitrogens is 18. The van der Waals surface area contributed by atoms with Crippen LogP contribution in [0.5, 0.6) is 0 Å². The van der Waals surface area contributed by atoms with E-state index in [9.17, 15) is 19.2 Å². The van der Waals surface area contributed by atoms with E-state index in [4.69, 9.17) is 15.0 Å². The smallest absolute Gasteiger partial charge is 0.258 e. The van der Waals surface area contributed by atoms with Crippen LogP contribution in [0.1, 0.15) is 72.0 Å². The minimum Gasteiger partial charge on any atom is -0.372 e. The Hall–Kier alpha value is -12.9. The molecule has 2 atom stereocenters. The number of nitrogens with zero attached hydrogens (tertiary/aromatic N) is 25. The summed E-state index contributed by atoms with van der Waals surface area (Å²) in [4.78, 5) is 104. The van der Waals surface area contributed by atoms with Crippen molar-refractivity contribution in [2.75, 3.05) is 135 Å². The molecule has 2 aliphatic rings. The van der Waals surface area contributed by atoms with Crippen LogP contribution in [-0.2, 0) is 12.8 Å². The van der Waals surface area contributed by atoms with Gasteiger partial charge in [-0.25, -0.2) is 38.9 Å². The van der Waals surface area contributed by atoms with Gasteiger partial charge in [-0.1, -0.05) is 13.8 Å². The number of rotatable bonds is 18. The lowest BCUT2D eigenvalue weighted by Crippen LogP contribution is -2.31. The van der Waals surface area contributed by atoms with E-state index in [0.29, 0.717) is 68.8 Å². The van der Waals surface area contributed by atoms with Gasteiger partial charge in [0.15, 0.2) is 0 Å². The summed E-state index contributed by atoms with van der Waals surface area (Å²) in [6.45, 7) is 23.5. The Bertz CT molecular complexity index is 6560. The standard InChI is InChI=1S/2C23H26N6O.C22H27N7O.C21H25N7O/c2*1-15-9-17(12-28-11-16(2)24-23(15)28)20-10-22(30)29-14-19(5-6-21(29)25-20)27-8-7-18(13-27)26(3)4;1-6-17-20-11-19(25-29(20)13-15(2)23-17)18-12-22(30)28-14-16(7-8-21(28)24-18)27(5)10-9-26(3)4;1-5-16-19-10-18(25-28(19)12-14(2)23-16)17-11-21(29)27-13-15(6-7-20(27)24-17)26(4)9-8-22-3/h2*5-6,9-12,14,18H,7-8,13H2,1-4H3;7-8,11-14H,6,9-10H2,1-5H3;6-7,10-13,22H,5,8-9H2,1-4H3/t2*18-;;/m10../s1. The quantitative estimate of drug-likeness (QED) is 0.0837. The molecule has 614 valence electrons. The molecule has 0 radical (unpaired) electrons. The van der Waals surface area contributed by atoms with E-state index in [0.717, 1.165) is 180 Å². The highest BCUT2D eigenvalue weighted by Gasteiger charge is 2.27. The van der Waals surface area contributed by atoms with E-state index in [1.165, 1.54) is 6.07 Å². The Kier molecular flexibility index (Phi) is 23.2. The number of likely N-dealkylation sites (N-methyl/N-ethyl adjacent to an activating group) is 6. The van der Waals surface area contributed by atoms with Crippen LogP contribution >= 0.6 is 0 Å². The van der Waals surface area contributed by atoms with E-state index in [1.54, 1.807) is 35.8 Å². The van der Waals surface area contributed by atoms with E-state index in [-0.39, 0.29) is 22.2 Å². The molecule has 30 nitrogen and oxygen atoms in total. The van der Waals surface area contributed by atoms with Crippen molar-refractivity contribution in [3.05, 3.63) is 246 Å². The van der Waals surface area contributed by atoms with Crippen molar-refractivity contribution >= 4 is 67.7 Å². The summed E-state index contributed by atoms with van der Waals surface area (Å²) >= 11 is 0. The third-order valence-corrected chi connectivity index (χ3v) is 22.4. The molecule has 16 aromatic rings. The van der Waals surface area contributed by atoms with Gasteiger partial charge in [-0.15, -0.1) is 0 Å². The normalized spacial score (nSPS) is 14.3. The van der Waals surface area contributed by atoms with Crippen molar-refractivity contribution in [1.29, 1.82) is 0 Å². The first-order valence-corrected chi connectivity index (χ1v) is 40.5. The zero-order valence-corrected chi connectivity index (χ0v) is 71.0. The minimum absolute atomic E-state index is 0.0697. The van der Waals surface area contributed by atoms with E-state index in [1.807, 2.05) is 217 Å². The highest BCUT2D eigenvalue weighted by Crippen LogP contribution is 2.30. The van der Waals surface area contributed by atoms with Crippen LogP contribution < -0.4 is 47.2 Å². The highest BCUT2D eigenvalue weighted by molar-refractivity contribution is 5.71. The fourth-order valence-electron chi connectivity index (χ4n) is 15.6. The lowest BCUT2D eigenvalue weighted by molar-refractivity contribution is 0.315. The molecule has 0 saturated carbocycles. The van der Waals surface area contributed by atoms with Crippen molar-refractivity contribution in [3.8, 4) is 45.3 Å². The van der Waals surface area contributed by atoms with Gasteiger partial charge in [0, 0.05) is 164 Å². The Morgan fingerprint density at radius 2 is 0.773 bits per heavy atom. The summed E-state index contributed by atoms with van der Waals surface area (Å²) in [6, 6.07) is 31.1. The molecule has 0 bridgehead atoms. The first-order valence-electron chi connectivity index (χ1n) is 40.5. The van der Waals surface area contributed by atoms with Crippen LogP contribution in [0.3, 0.4) is 0 Å². The van der Waals surface area contributed by atoms with Gasteiger partial charge in [0.25, 0.3) is 22.2 Å². The number of hydrogen-bond donors (Lipinski definition) is 1. The molecule has 2 aliphatic heterocycles. The van der Waals surface area contributed by atoms with Gasteiger partial charge in [0.1, 0.15) is 45.3 Å². The van der Waals surface area contributed by atoms with Crippen LogP contribution in [0.25, 0.3) is 90.2 Å². The van der Waals surface area contributed by atoms with Crippen molar-refractivity contribution in [2.24, 2.45) is 0 Å². The molecule has 0 aliphatic carbocycles. The summed E-state index contributed by atoms with van der Waals surface area (Å²) in [5, 5.41) is 12.4. The van der Waals surface area contributed by atoms with Gasteiger partial charge in [0.05, 0.1) is 103 Å². The lowest BCUT2D eigenvalue weighted by atomic mass is 10.1. The first-order chi connectivity index (χ1) is 57.1. The molecule has 2 saturated heterocycles. The second-order valence-electron chi connectivity index (χ2n) is 32.0. The number of imidazole rings is 2. The molecule has 1 N–H and O–H groups in total. The zero-order chi connectivity index (χ0) is 83.9. The number of anilines is 4. The highest BCUT2D eigenvalue weighted by atomic mass is 16.1. The molecule has 0 amide bonds. The van der Waals surface area contributed by atoms with Crippen LogP contribution in [0.4, 0.5) is 22.7 Å². The van der Waals surface area contributed by atoms with Gasteiger partial charge < -0.3 is 48.4 Å². The average molecular weight is 1600 g/mol. The Labute approximate surface area is 689 Å². The third-order valence-electron chi connectivity index (χ3n) is 22.4. The van der Waals surface area contributed by atoms with Crippen LogP contribution in [-0.4, -0.2) is 228 Å². The average Bonchev–Trinajstić information content (AvgIpc) is 1.77. The predicted octanol–water partition coefficient (Wildman–Crippen LogP) is 9.74. The molecule has 18 heterocycles. The maximum atomic E-state index is 12.9. The molecular weight excluding hydrogens is 1500 g/mol. The second kappa shape index (κ2) is 34.0. The molecule has 0 unspecified atom stereocenters. The van der Waals surface area contributed by atoms with E-state index < -0.39 is 0 Å². The van der Waals surface area contributed by atoms with Gasteiger partial charge in [-0.2, -0.15) is 10.2 Å². The van der Waals surface area contributed by atoms with Crippen LogP contribution in [0.15, 0.2) is 178 Å². The zero-order valence-electron chi connectivity index (χ0n) is 71.0. The fraction of sp³-hybridized carbons (Fsp3) is 0.348. The number of hydrogen-bond acceptors (Lipinski definition) is 22. The molecule has 0 aromatic carbocycles. The summed E-state index contributed by atoms with van der Waals surface area (Å²) in [5.41, 5.74) is 23.4. The van der Waals surface area contributed by atoms with Gasteiger partial charge in [-0.05, 0) is 200 Å². The van der Waals surface area contributed by atoms with E-state index >= 15 is 0 Å². The lowest BCUT2D eigenvalue weighted by Gasteiger charge is -2.22. The molecule has 16 aromatic heterocycles. The first kappa shape index (κ1) is 81.3. The monoisotopic (exact) mass is 1600 g/mol.